The molecule has 0 aromatic heterocycles. The Morgan fingerprint density at radius 3 is 2.66 bits per heavy atom. The third-order valence-corrected chi connectivity index (χ3v) is 4.89. The number of para-hydroxylation sites is 2. The molecule has 1 saturated heterocycles. The number of anilines is 2. The number of rotatable bonds is 8. The molecular weight excluding hydrogens is 370 g/mol. The first kappa shape index (κ1) is 20.7. The van der Waals surface area contributed by atoms with Crippen LogP contribution in [0, 0.1) is 0 Å². The van der Waals surface area contributed by atoms with Gasteiger partial charge in [-0.2, -0.15) is 0 Å². The van der Waals surface area contributed by atoms with Gasteiger partial charge in [0.2, 0.25) is 11.8 Å². The van der Waals surface area contributed by atoms with E-state index < -0.39 is 0 Å². The number of hydrogen-bond acceptors (Lipinski definition) is 5. The number of methoxy groups -OCH3 is 2. The van der Waals surface area contributed by atoms with Crippen LogP contribution in [0.2, 0.25) is 0 Å². The Labute approximate surface area is 171 Å². The fourth-order valence-corrected chi connectivity index (χ4v) is 3.48. The summed E-state index contributed by atoms with van der Waals surface area (Å²) in [6, 6.07) is 13.0. The smallest absolute Gasteiger partial charge is 0.238 e. The highest BCUT2D eigenvalue weighted by Crippen LogP contribution is 2.29. The molecule has 0 unspecified atom stereocenters. The lowest BCUT2D eigenvalue weighted by Gasteiger charge is -2.21. The maximum Gasteiger partial charge on any atom is 0.238 e. The molecule has 1 fully saturated rings. The highest BCUT2D eigenvalue weighted by Gasteiger charge is 2.24. The topological polar surface area (TPSA) is 71.1 Å². The molecule has 0 saturated carbocycles. The van der Waals surface area contributed by atoms with Crippen molar-refractivity contribution in [3.8, 4) is 11.5 Å². The van der Waals surface area contributed by atoms with E-state index in [0.29, 0.717) is 25.2 Å². The summed E-state index contributed by atoms with van der Waals surface area (Å²) in [5.41, 5.74) is 2.37. The second kappa shape index (κ2) is 9.43. The second-order valence-corrected chi connectivity index (χ2v) is 7.06. The molecule has 7 heteroatoms. The van der Waals surface area contributed by atoms with Crippen molar-refractivity contribution in [3.05, 3.63) is 48.0 Å². The number of benzene rings is 2. The van der Waals surface area contributed by atoms with Gasteiger partial charge in [-0.25, -0.2) is 0 Å². The summed E-state index contributed by atoms with van der Waals surface area (Å²) < 4.78 is 10.7. The Balaban J connectivity index is 1.64. The van der Waals surface area contributed by atoms with Gasteiger partial charge in [0.15, 0.2) is 0 Å². The molecule has 7 nitrogen and oxygen atoms in total. The predicted octanol–water partition coefficient (Wildman–Crippen LogP) is 2.90. The number of nitrogens with zero attached hydrogens (tertiary/aromatic N) is 2. The summed E-state index contributed by atoms with van der Waals surface area (Å²) in [7, 11) is 5.10. The molecule has 0 aliphatic carbocycles. The summed E-state index contributed by atoms with van der Waals surface area (Å²) >= 11 is 0. The quantitative estimate of drug-likeness (QED) is 0.742. The normalized spacial score (nSPS) is 13.7. The molecule has 3 rings (SSSR count). The first-order valence-corrected chi connectivity index (χ1v) is 9.60. The summed E-state index contributed by atoms with van der Waals surface area (Å²) in [5.74, 6) is 1.39. The number of likely N-dealkylation sites (N-methyl/N-ethyl adjacent to an activating group) is 1. The van der Waals surface area contributed by atoms with Crippen LogP contribution in [0.25, 0.3) is 0 Å². The van der Waals surface area contributed by atoms with Crippen LogP contribution in [-0.4, -0.2) is 51.1 Å². The van der Waals surface area contributed by atoms with E-state index in [4.69, 9.17) is 9.47 Å². The summed E-state index contributed by atoms with van der Waals surface area (Å²) in [6.07, 6.45) is 1.39. The first-order chi connectivity index (χ1) is 14.0. The Morgan fingerprint density at radius 2 is 1.97 bits per heavy atom. The number of ether oxygens (including phenoxy) is 2. The van der Waals surface area contributed by atoms with Crippen LogP contribution in [0.5, 0.6) is 11.5 Å². The zero-order valence-corrected chi connectivity index (χ0v) is 17.1. The average molecular weight is 397 g/mol. The molecule has 0 radical (unpaired) electrons. The predicted molar refractivity (Wildman–Crippen MR) is 113 cm³/mol. The van der Waals surface area contributed by atoms with Crippen LogP contribution in [0.1, 0.15) is 18.4 Å². The molecule has 2 aromatic rings. The van der Waals surface area contributed by atoms with E-state index >= 15 is 0 Å². The van der Waals surface area contributed by atoms with Gasteiger partial charge in [0, 0.05) is 31.1 Å². The third-order valence-electron chi connectivity index (χ3n) is 4.89. The van der Waals surface area contributed by atoms with Gasteiger partial charge in [0.1, 0.15) is 11.5 Å². The van der Waals surface area contributed by atoms with E-state index in [2.05, 4.69) is 5.32 Å². The van der Waals surface area contributed by atoms with Crippen molar-refractivity contribution in [2.45, 2.75) is 19.4 Å². The second-order valence-electron chi connectivity index (χ2n) is 7.06. The van der Waals surface area contributed by atoms with Crippen LogP contribution >= 0.6 is 0 Å². The summed E-state index contributed by atoms with van der Waals surface area (Å²) in [6.45, 7) is 1.44. The van der Waals surface area contributed by atoms with E-state index in [-0.39, 0.29) is 18.4 Å². The SMILES string of the molecule is COc1ccc(CN(C)CC(=O)Nc2ccccc2N2CCCC2=O)c(OC)c1. The number of carbonyl (C=O) groups excluding carboxylic acids is 2. The maximum atomic E-state index is 12.6. The van der Waals surface area contributed by atoms with Gasteiger partial charge in [0.25, 0.3) is 0 Å². The van der Waals surface area contributed by atoms with Crippen LogP contribution in [0.3, 0.4) is 0 Å². The van der Waals surface area contributed by atoms with Gasteiger partial charge in [-0.05, 0) is 31.7 Å². The molecule has 0 spiro atoms. The molecule has 2 amide bonds. The van der Waals surface area contributed by atoms with Crippen molar-refractivity contribution in [2.24, 2.45) is 0 Å². The molecule has 0 bridgehead atoms. The standard InChI is InChI=1S/C22H27N3O4/c1-24(14-16-10-11-17(28-2)13-20(16)29-3)15-21(26)23-18-7-4-5-8-19(18)25-12-6-9-22(25)27/h4-5,7-8,10-11,13H,6,9,12,14-15H2,1-3H3,(H,23,26). The van der Waals surface area contributed by atoms with Gasteiger partial charge < -0.3 is 19.7 Å². The largest absolute Gasteiger partial charge is 0.497 e. The lowest BCUT2D eigenvalue weighted by atomic mass is 10.1. The van der Waals surface area contributed by atoms with E-state index in [1.54, 1.807) is 19.1 Å². The molecule has 154 valence electrons. The Bertz CT molecular complexity index is 884. The molecule has 1 heterocycles. The fourth-order valence-electron chi connectivity index (χ4n) is 3.48. The van der Waals surface area contributed by atoms with Crippen molar-refractivity contribution >= 4 is 23.2 Å². The minimum absolute atomic E-state index is 0.0930. The van der Waals surface area contributed by atoms with E-state index in [9.17, 15) is 9.59 Å². The zero-order valence-electron chi connectivity index (χ0n) is 17.1. The number of nitrogens with one attached hydrogen (secondary N) is 1. The molecule has 1 N–H and O–H groups in total. The first-order valence-electron chi connectivity index (χ1n) is 9.60. The number of hydrogen-bond donors (Lipinski definition) is 1. The molecule has 1 aliphatic heterocycles. The van der Waals surface area contributed by atoms with Gasteiger partial charge in [-0.3, -0.25) is 14.5 Å². The summed E-state index contributed by atoms with van der Waals surface area (Å²) in [5, 5.41) is 2.95. The van der Waals surface area contributed by atoms with Crippen molar-refractivity contribution < 1.29 is 19.1 Å². The molecular formula is C22H27N3O4. The minimum atomic E-state index is -0.140. The van der Waals surface area contributed by atoms with Gasteiger partial charge in [-0.1, -0.05) is 18.2 Å². The van der Waals surface area contributed by atoms with E-state index in [1.807, 2.05) is 54.4 Å². The van der Waals surface area contributed by atoms with Crippen molar-refractivity contribution in [3.63, 3.8) is 0 Å². The Morgan fingerprint density at radius 1 is 1.17 bits per heavy atom. The van der Waals surface area contributed by atoms with Gasteiger partial charge >= 0.3 is 0 Å². The Hall–Kier alpha value is -3.06. The van der Waals surface area contributed by atoms with Crippen LogP contribution in [-0.2, 0) is 16.1 Å². The van der Waals surface area contributed by atoms with E-state index in [1.165, 1.54) is 0 Å². The van der Waals surface area contributed by atoms with Crippen LogP contribution in [0.4, 0.5) is 11.4 Å². The lowest BCUT2D eigenvalue weighted by molar-refractivity contribution is -0.118. The fraction of sp³-hybridized carbons (Fsp3) is 0.364. The van der Waals surface area contributed by atoms with Crippen LogP contribution in [0.15, 0.2) is 42.5 Å². The highest BCUT2D eigenvalue weighted by atomic mass is 16.5. The van der Waals surface area contributed by atoms with Crippen LogP contribution < -0.4 is 19.7 Å². The third kappa shape index (κ3) is 5.06. The minimum Gasteiger partial charge on any atom is -0.497 e. The van der Waals surface area contributed by atoms with Gasteiger partial charge in [0.05, 0.1) is 32.1 Å². The molecule has 0 atom stereocenters. The molecule has 29 heavy (non-hydrogen) atoms. The highest BCUT2D eigenvalue weighted by molar-refractivity contribution is 6.02. The monoisotopic (exact) mass is 397 g/mol. The lowest BCUT2D eigenvalue weighted by Crippen LogP contribution is -2.31. The van der Waals surface area contributed by atoms with Crippen molar-refractivity contribution in [1.82, 2.24) is 4.90 Å². The number of amides is 2. The average Bonchev–Trinajstić information content (AvgIpc) is 3.14. The van der Waals surface area contributed by atoms with Crippen molar-refractivity contribution in [2.75, 3.05) is 44.6 Å². The van der Waals surface area contributed by atoms with E-state index in [0.717, 1.165) is 29.2 Å². The maximum absolute atomic E-state index is 12.6. The summed E-state index contributed by atoms with van der Waals surface area (Å²) in [4.78, 5) is 28.3. The molecule has 2 aromatic carbocycles. The Kier molecular flexibility index (Phi) is 6.72. The zero-order chi connectivity index (χ0) is 20.8. The molecule has 1 aliphatic rings. The van der Waals surface area contributed by atoms with Crippen molar-refractivity contribution in [1.29, 1.82) is 0 Å². The number of carbonyl (C=O) groups is 2. The van der Waals surface area contributed by atoms with Gasteiger partial charge in [-0.15, -0.1) is 0 Å².